The molecule has 0 atom stereocenters. The largest absolute Gasteiger partial charge is 0.310 e. The highest BCUT2D eigenvalue weighted by atomic mass is 32.2. The van der Waals surface area contributed by atoms with Crippen LogP contribution < -0.4 is 10.6 Å². The first-order chi connectivity index (χ1) is 20.2. The van der Waals surface area contributed by atoms with Gasteiger partial charge in [-0.3, -0.25) is 14.3 Å². The Morgan fingerprint density at radius 2 is 1.45 bits per heavy atom. The molecule has 3 aromatic heterocycles. The Balaban J connectivity index is 0.000000241. The van der Waals surface area contributed by atoms with Crippen molar-refractivity contribution >= 4 is 65.1 Å². The molecular formula is C29H43N5O6S4. The van der Waals surface area contributed by atoms with Crippen molar-refractivity contribution in [2.75, 3.05) is 10.6 Å². The Bertz CT molecular complexity index is 1680. The standard InChI is InChI=1S/C15H21N3O3S2.C14H22N2O3S2/c1-10(2)23(20,21)15(3,4)14(19)16-13-9-11(17-18(13)5)12-7-6-8-22-12;1-9(2)21(18,19)14(3,4)12(17)16-13-15-10-7-5-6-8-11(10)20-13/h6-10H,1-5H3,(H,16,19);9H,5-8H2,1-4H3,(H,15,16,17). The molecule has 1 aliphatic carbocycles. The van der Waals surface area contributed by atoms with Gasteiger partial charge in [0.2, 0.25) is 11.8 Å². The van der Waals surface area contributed by atoms with Crippen molar-refractivity contribution in [3.8, 4) is 10.6 Å². The van der Waals surface area contributed by atoms with Crippen molar-refractivity contribution < 1.29 is 26.4 Å². The van der Waals surface area contributed by atoms with Crippen LogP contribution in [0.4, 0.5) is 10.9 Å². The van der Waals surface area contributed by atoms with Gasteiger partial charge in [0.1, 0.15) is 21.0 Å². The zero-order chi connectivity index (χ0) is 33.3. The van der Waals surface area contributed by atoms with Crippen LogP contribution in [-0.2, 0) is 49.2 Å². The van der Waals surface area contributed by atoms with Gasteiger partial charge in [0.15, 0.2) is 24.8 Å². The van der Waals surface area contributed by atoms with Crippen LogP contribution >= 0.6 is 22.7 Å². The van der Waals surface area contributed by atoms with E-state index in [0.717, 1.165) is 41.9 Å². The fourth-order valence-electron chi connectivity index (χ4n) is 4.49. The molecule has 0 bridgehead atoms. The number of carbonyl (C=O) groups is 2. The first-order valence-electron chi connectivity index (χ1n) is 14.4. The number of nitrogens with zero attached hydrogens (tertiary/aromatic N) is 3. The summed E-state index contributed by atoms with van der Waals surface area (Å²) in [5.41, 5.74) is 1.79. The summed E-state index contributed by atoms with van der Waals surface area (Å²) in [6.07, 6.45) is 4.21. The number of anilines is 2. The summed E-state index contributed by atoms with van der Waals surface area (Å²) in [6.45, 7) is 12.1. The first-order valence-corrected chi connectivity index (χ1v) is 19.2. The van der Waals surface area contributed by atoms with E-state index in [1.165, 1.54) is 48.6 Å². The van der Waals surface area contributed by atoms with E-state index in [0.29, 0.717) is 10.9 Å². The molecule has 44 heavy (non-hydrogen) atoms. The van der Waals surface area contributed by atoms with Crippen LogP contribution in [0.15, 0.2) is 23.6 Å². The third-order valence-electron chi connectivity index (χ3n) is 7.72. The van der Waals surface area contributed by atoms with Gasteiger partial charge in [-0.15, -0.1) is 22.7 Å². The van der Waals surface area contributed by atoms with E-state index >= 15 is 0 Å². The number of fused-ring (bicyclic) bond motifs is 1. The minimum atomic E-state index is -3.58. The summed E-state index contributed by atoms with van der Waals surface area (Å²) < 4.78 is 47.9. The van der Waals surface area contributed by atoms with E-state index in [-0.39, 0.29) is 0 Å². The van der Waals surface area contributed by atoms with Crippen molar-refractivity contribution in [2.24, 2.45) is 7.05 Å². The number of carbonyl (C=O) groups excluding carboxylic acids is 2. The lowest BCUT2D eigenvalue weighted by molar-refractivity contribution is -0.118. The summed E-state index contributed by atoms with van der Waals surface area (Å²) >= 11 is 3.01. The van der Waals surface area contributed by atoms with E-state index in [1.54, 1.807) is 52.1 Å². The average molecular weight is 686 g/mol. The van der Waals surface area contributed by atoms with Crippen molar-refractivity contribution in [1.29, 1.82) is 0 Å². The van der Waals surface area contributed by atoms with Crippen molar-refractivity contribution in [1.82, 2.24) is 14.8 Å². The molecule has 11 nitrogen and oxygen atoms in total. The van der Waals surface area contributed by atoms with E-state index in [9.17, 15) is 26.4 Å². The zero-order valence-electron chi connectivity index (χ0n) is 26.7. The lowest BCUT2D eigenvalue weighted by Gasteiger charge is -2.25. The Labute approximate surface area is 268 Å². The van der Waals surface area contributed by atoms with Crippen molar-refractivity contribution in [2.45, 2.75) is 101 Å². The number of aromatic nitrogens is 3. The van der Waals surface area contributed by atoms with Crippen LogP contribution in [0, 0.1) is 0 Å². The lowest BCUT2D eigenvalue weighted by atomic mass is 10.0. The van der Waals surface area contributed by atoms with Gasteiger partial charge in [-0.1, -0.05) is 6.07 Å². The minimum Gasteiger partial charge on any atom is -0.310 e. The number of sulfone groups is 2. The minimum absolute atomic E-state index is 0.463. The SMILES string of the molecule is CC(C)S(=O)(=O)C(C)(C)C(=O)Nc1cc(-c2cccs2)nn1C.CC(C)S(=O)(=O)C(C)(C)C(=O)Nc1nc2c(s1)CCCC2. The van der Waals surface area contributed by atoms with Gasteiger partial charge >= 0.3 is 0 Å². The van der Waals surface area contributed by atoms with Gasteiger partial charge in [0, 0.05) is 18.0 Å². The van der Waals surface area contributed by atoms with Gasteiger partial charge in [0.25, 0.3) is 0 Å². The maximum absolute atomic E-state index is 12.5. The van der Waals surface area contributed by atoms with E-state index in [4.69, 9.17) is 0 Å². The Morgan fingerprint density at radius 3 is 1.95 bits per heavy atom. The molecule has 0 fully saturated rings. The van der Waals surface area contributed by atoms with E-state index in [1.807, 2.05) is 17.5 Å². The molecule has 1 aliphatic rings. The molecule has 4 rings (SSSR count). The number of aryl methyl sites for hydroxylation is 3. The molecule has 15 heteroatoms. The molecule has 3 aromatic rings. The number of nitrogens with one attached hydrogen (secondary N) is 2. The highest BCUT2D eigenvalue weighted by Gasteiger charge is 2.44. The Hall–Kier alpha value is -2.62. The molecule has 0 aliphatic heterocycles. The third kappa shape index (κ3) is 7.26. The molecule has 3 heterocycles. The highest BCUT2D eigenvalue weighted by molar-refractivity contribution is 7.94. The predicted octanol–water partition coefficient (Wildman–Crippen LogP) is 5.25. The van der Waals surface area contributed by atoms with Crippen LogP contribution in [0.1, 0.15) is 78.8 Å². The number of rotatable bonds is 9. The van der Waals surface area contributed by atoms with Crippen molar-refractivity contribution in [3.63, 3.8) is 0 Å². The molecule has 2 amide bonds. The summed E-state index contributed by atoms with van der Waals surface area (Å²) in [7, 11) is -5.41. The van der Waals surface area contributed by atoms with Gasteiger partial charge in [-0.05, 0) is 92.5 Å². The fourth-order valence-corrected chi connectivity index (χ4v) is 9.19. The molecule has 0 unspecified atom stereocenters. The van der Waals surface area contributed by atoms with Crippen LogP contribution in [-0.4, -0.2) is 63.4 Å². The zero-order valence-corrected chi connectivity index (χ0v) is 30.0. The predicted molar refractivity (Wildman–Crippen MR) is 179 cm³/mol. The number of thiophene rings is 1. The summed E-state index contributed by atoms with van der Waals surface area (Å²) in [5, 5.41) is 11.0. The lowest BCUT2D eigenvalue weighted by Crippen LogP contribution is -2.47. The quantitative estimate of drug-likeness (QED) is 0.309. The maximum atomic E-state index is 12.5. The molecular weight excluding hydrogens is 643 g/mol. The van der Waals surface area contributed by atoms with E-state index in [2.05, 4.69) is 20.7 Å². The fraction of sp³-hybridized carbons (Fsp3) is 0.586. The number of amides is 2. The van der Waals surface area contributed by atoms with Crippen LogP contribution in [0.2, 0.25) is 0 Å². The van der Waals surface area contributed by atoms with Crippen LogP contribution in [0.5, 0.6) is 0 Å². The second-order valence-electron chi connectivity index (χ2n) is 12.2. The normalized spacial score (nSPS) is 14.2. The first kappa shape index (κ1) is 35.9. The van der Waals surface area contributed by atoms with Gasteiger partial charge in [0.05, 0.1) is 21.1 Å². The third-order valence-corrected chi connectivity index (χ3v) is 15.4. The van der Waals surface area contributed by atoms with Crippen molar-refractivity contribution in [3.05, 3.63) is 34.2 Å². The second kappa shape index (κ2) is 13.4. The molecule has 0 spiro atoms. The number of hydrogen-bond donors (Lipinski definition) is 2. The van der Waals surface area contributed by atoms with Crippen LogP contribution in [0.25, 0.3) is 10.6 Å². The molecule has 244 valence electrons. The number of hydrogen-bond acceptors (Lipinski definition) is 10. The molecule has 0 radical (unpaired) electrons. The summed E-state index contributed by atoms with van der Waals surface area (Å²) in [5.74, 6) is -0.611. The monoisotopic (exact) mass is 685 g/mol. The molecule has 0 saturated heterocycles. The van der Waals surface area contributed by atoms with E-state index < -0.39 is 51.5 Å². The van der Waals surface area contributed by atoms with Crippen LogP contribution in [0.3, 0.4) is 0 Å². The second-order valence-corrected chi connectivity index (χ2v) is 20.4. The Kier molecular flexibility index (Phi) is 10.9. The summed E-state index contributed by atoms with van der Waals surface area (Å²) in [4.78, 5) is 31.5. The average Bonchev–Trinajstić information content (AvgIpc) is 3.68. The molecule has 0 aromatic carbocycles. The maximum Gasteiger partial charge on any atom is 0.247 e. The smallest absolute Gasteiger partial charge is 0.247 e. The Morgan fingerprint density at radius 1 is 0.909 bits per heavy atom. The molecule has 2 N–H and O–H groups in total. The summed E-state index contributed by atoms with van der Waals surface area (Å²) in [6, 6.07) is 5.60. The molecule has 0 saturated carbocycles. The topological polar surface area (TPSA) is 157 Å². The van der Waals surface area contributed by atoms with Gasteiger partial charge in [-0.25, -0.2) is 21.8 Å². The highest BCUT2D eigenvalue weighted by Crippen LogP contribution is 2.31. The van der Waals surface area contributed by atoms with Gasteiger partial charge < -0.3 is 10.6 Å². The number of thiazole rings is 1. The van der Waals surface area contributed by atoms with Gasteiger partial charge in [-0.2, -0.15) is 5.10 Å².